The Hall–Kier alpha value is -3.27. The molecule has 4 rings (SSSR count). The Bertz CT molecular complexity index is 982. The fourth-order valence-corrected chi connectivity index (χ4v) is 3.19. The fourth-order valence-electron chi connectivity index (χ4n) is 3.19. The van der Waals surface area contributed by atoms with Crippen LogP contribution in [0.25, 0.3) is 0 Å². The van der Waals surface area contributed by atoms with E-state index in [1.54, 1.807) is 19.3 Å². The van der Waals surface area contributed by atoms with Gasteiger partial charge in [0.05, 0.1) is 11.4 Å². The standard InChI is InChI=1S/C23H20N2O2/c1-16(27-20-5-3-2-4-6-20)23(26)14-17-7-8-21-19(13-17)15-22(25-21)18-9-11-24-12-10-18/h2-13,16H,14-15H2,1H3. The number of carbonyl (C=O) groups is 1. The number of nitrogens with zero attached hydrogens (tertiary/aromatic N) is 2. The van der Waals surface area contributed by atoms with Crippen molar-refractivity contribution in [3.05, 3.63) is 89.7 Å². The van der Waals surface area contributed by atoms with Crippen molar-refractivity contribution in [2.45, 2.75) is 25.9 Å². The van der Waals surface area contributed by atoms with E-state index in [9.17, 15) is 4.79 Å². The molecule has 0 fully saturated rings. The van der Waals surface area contributed by atoms with Gasteiger partial charge in [-0.15, -0.1) is 0 Å². The zero-order valence-corrected chi connectivity index (χ0v) is 15.1. The molecule has 0 N–H and O–H groups in total. The van der Waals surface area contributed by atoms with Gasteiger partial charge in [0.15, 0.2) is 11.9 Å². The number of hydrogen-bond acceptors (Lipinski definition) is 4. The molecule has 0 bridgehead atoms. The Morgan fingerprint density at radius 2 is 1.85 bits per heavy atom. The molecule has 0 saturated heterocycles. The Morgan fingerprint density at radius 1 is 1.07 bits per heavy atom. The average molecular weight is 356 g/mol. The summed E-state index contributed by atoms with van der Waals surface area (Å²) in [6, 6.07) is 19.4. The molecule has 0 aliphatic carbocycles. The molecular weight excluding hydrogens is 336 g/mol. The highest BCUT2D eigenvalue weighted by Gasteiger charge is 2.19. The quantitative estimate of drug-likeness (QED) is 0.660. The molecule has 1 atom stereocenters. The lowest BCUT2D eigenvalue weighted by Gasteiger charge is -2.14. The molecule has 1 aromatic heterocycles. The van der Waals surface area contributed by atoms with Crippen LogP contribution in [-0.4, -0.2) is 22.6 Å². The first-order valence-electron chi connectivity index (χ1n) is 9.03. The number of pyridine rings is 1. The molecule has 0 spiro atoms. The zero-order valence-electron chi connectivity index (χ0n) is 15.1. The van der Waals surface area contributed by atoms with Crippen LogP contribution in [0.3, 0.4) is 0 Å². The van der Waals surface area contributed by atoms with Crippen LogP contribution in [-0.2, 0) is 17.6 Å². The van der Waals surface area contributed by atoms with E-state index < -0.39 is 6.10 Å². The van der Waals surface area contributed by atoms with Gasteiger partial charge in [0.2, 0.25) is 0 Å². The number of aliphatic imine (C=N–C) groups is 1. The summed E-state index contributed by atoms with van der Waals surface area (Å²) in [4.78, 5) is 21.3. The van der Waals surface area contributed by atoms with Gasteiger partial charge in [0.25, 0.3) is 0 Å². The Balaban J connectivity index is 1.42. The highest BCUT2D eigenvalue weighted by Crippen LogP contribution is 2.30. The van der Waals surface area contributed by atoms with Crippen molar-refractivity contribution >= 4 is 17.2 Å². The first-order valence-corrected chi connectivity index (χ1v) is 9.03. The normalized spacial score (nSPS) is 13.6. The fraction of sp³-hybridized carbons (Fsp3) is 0.174. The second-order valence-electron chi connectivity index (χ2n) is 6.65. The number of rotatable bonds is 6. The predicted octanol–water partition coefficient (Wildman–Crippen LogP) is 4.34. The third kappa shape index (κ3) is 3.95. The van der Waals surface area contributed by atoms with E-state index in [4.69, 9.17) is 9.73 Å². The van der Waals surface area contributed by atoms with Crippen molar-refractivity contribution < 1.29 is 9.53 Å². The number of hydrogen-bond donors (Lipinski definition) is 0. The molecule has 1 aliphatic heterocycles. The maximum atomic E-state index is 12.5. The Morgan fingerprint density at radius 3 is 2.63 bits per heavy atom. The average Bonchev–Trinajstić information content (AvgIpc) is 3.13. The van der Waals surface area contributed by atoms with Crippen molar-refractivity contribution in [2.75, 3.05) is 0 Å². The first-order chi connectivity index (χ1) is 13.2. The third-order valence-electron chi connectivity index (χ3n) is 4.66. The van der Waals surface area contributed by atoms with E-state index in [0.29, 0.717) is 12.2 Å². The molecule has 0 saturated carbocycles. The third-order valence-corrected chi connectivity index (χ3v) is 4.66. The Labute approximate surface area is 158 Å². The first kappa shape index (κ1) is 17.2. The van der Waals surface area contributed by atoms with Crippen molar-refractivity contribution in [1.29, 1.82) is 0 Å². The lowest BCUT2D eigenvalue weighted by Crippen LogP contribution is -2.25. The molecule has 1 unspecified atom stereocenters. The molecular formula is C23H20N2O2. The highest BCUT2D eigenvalue weighted by molar-refractivity contribution is 6.06. The van der Waals surface area contributed by atoms with Crippen LogP contribution >= 0.6 is 0 Å². The van der Waals surface area contributed by atoms with E-state index in [-0.39, 0.29) is 5.78 Å². The van der Waals surface area contributed by atoms with E-state index in [1.165, 1.54) is 0 Å². The van der Waals surface area contributed by atoms with Gasteiger partial charge in [-0.3, -0.25) is 14.8 Å². The SMILES string of the molecule is CC(Oc1ccccc1)C(=O)Cc1ccc2c(c1)CC(c1ccncc1)=N2. The van der Waals surface area contributed by atoms with Crippen molar-refractivity contribution in [1.82, 2.24) is 4.98 Å². The molecule has 4 heteroatoms. The van der Waals surface area contributed by atoms with Crippen LogP contribution in [0.5, 0.6) is 5.75 Å². The molecule has 2 heterocycles. The number of aromatic nitrogens is 1. The molecule has 1 aliphatic rings. The molecule has 2 aromatic carbocycles. The van der Waals surface area contributed by atoms with Crippen LogP contribution in [0.1, 0.15) is 23.6 Å². The highest BCUT2D eigenvalue weighted by atomic mass is 16.5. The van der Waals surface area contributed by atoms with Crippen LogP contribution in [0.15, 0.2) is 78.0 Å². The number of para-hydroxylation sites is 1. The van der Waals surface area contributed by atoms with E-state index in [2.05, 4.69) is 11.1 Å². The minimum absolute atomic E-state index is 0.0621. The van der Waals surface area contributed by atoms with Crippen molar-refractivity contribution in [3.63, 3.8) is 0 Å². The van der Waals surface area contributed by atoms with Crippen LogP contribution in [0.4, 0.5) is 5.69 Å². The van der Waals surface area contributed by atoms with Crippen LogP contribution in [0, 0.1) is 0 Å². The summed E-state index contributed by atoms with van der Waals surface area (Å²) in [5.74, 6) is 0.773. The summed E-state index contributed by atoms with van der Waals surface area (Å²) < 4.78 is 5.74. The van der Waals surface area contributed by atoms with Gasteiger partial charge in [0, 0.05) is 25.2 Å². The summed E-state index contributed by atoms with van der Waals surface area (Å²) in [5, 5.41) is 0. The lowest BCUT2D eigenvalue weighted by molar-refractivity contribution is -0.124. The zero-order chi connectivity index (χ0) is 18.6. The molecule has 134 valence electrons. The van der Waals surface area contributed by atoms with E-state index in [0.717, 1.165) is 34.5 Å². The van der Waals surface area contributed by atoms with E-state index >= 15 is 0 Å². The number of ether oxygens (including phenoxy) is 1. The second-order valence-corrected chi connectivity index (χ2v) is 6.65. The summed E-state index contributed by atoms with van der Waals surface area (Å²) in [6.45, 7) is 1.80. The van der Waals surface area contributed by atoms with Gasteiger partial charge in [-0.25, -0.2) is 0 Å². The number of Topliss-reactive ketones (excluding diaryl/α,β-unsaturated/α-hetero) is 1. The summed E-state index contributed by atoms with van der Waals surface area (Å²) in [6.07, 6.45) is 4.20. The van der Waals surface area contributed by atoms with Gasteiger partial charge < -0.3 is 4.74 Å². The second kappa shape index (κ2) is 7.54. The minimum atomic E-state index is -0.482. The largest absolute Gasteiger partial charge is 0.483 e. The van der Waals surface area contributed by atoms with Crippen LogP contribution in [0.2, 0.25) is 0 Å². The number of benzene rings is 2. The van der Waals surface area contributed by atoms with Crippen LogP contribution < -0.4 is 4.74 Å². The van der Waals surface area contributed by atoms with Gasteiger partial charge in [-0.05, 0) is 53.9 Å². The minimum Gasteiger partial charge on any atom is -0.483 e. The molecule has 4 nitrogen and oxygen atoms in total. The van der Waals surface area contributed by atoms with Gasteiger partial charge in [-0.2, -0.15) is 0 Å². The summed E-state index contributed by atoms with van der Waals surface area (Å²) >= 11 is 0. The molecule has 0 radical (unpaired) electrons. The van der Waals surface area contributed by atoms with Crippen molar-refractivity contribution in [3.8, 4) is 5.75 Å². The van der Waals surface area contributed by atoms with E-state index in [1.807, 2.05) is 54.6 Å². The number of fused-ring (bicyclic) bond motifs is 1. The monoisotopic (exact) mass is 356 g/mol. The Kier molecular flexibility index (Phi) is 4.79. The van der Waals surface area contributed by atoms with Gasteiger partial charge >= 0.3 is 0 Å². The van der Waals surface area contributed by atoms with Crippen molar-refractivity contribution in [2.24, 2.45) is 4.99 Å². The van der Waals surface area contributed by atoms with Gasteiger partial charge in [0.1, 0.15) is 5.75 Å². The maximum Gasteiger partial charge on any atom is 0.177 e. The molecule has 0 amide bonds. The molecule has 27 heavy (non-hydrogen) atoms. The molecule has 3 aromatic rings. The topological polar surface area (TPSA) is 51.5 Å². The number of ketones is 1. The summed E-state index contributed by atoms with van der Waals surface area (Å²) in [5.41, 5.74) is 5.25. The summed E-state index contributed by atoms with van der Waals surface area (Å²) in [7, 11) is 0. The maximum absolute atomic E-state index is 12.5. The number of carbonyl (C=O) groups excluding carboxylic acids is 1. The lowest BCUT2D eigenvalue weighted by atomic mass is 10.00. The predicted molar refractivity (Wildman–Crippen MR) is 106 cm³/mol. The van der Waals surface area contributed by atoms with Gasteiger partial charge in [-0.1, -0.05) is 30.3 Å². The smallest absolute Gasteiger partial charge is 0.177 e.